The number of carbonyl (C=O) groups is 1. The Morgan fingerprint density at radius 1 is 1.38 bits per heavy atom. The minimum atomic E-state index is -3.86. The molecule has 0 fully saturated rings. The average Bonchev–Trinajstić information content (AvgIpc) is 3.02. The van der Waals surface area contributed by atoms with E-state index >= 15 is 0 Å². The summed E-state index contributed by atoms with van der Waals surface area (Å²) in [6.07, 6.45) is 1.53. The highest BCUT2D eigenvalue weighted by Gasteiger charge is 2.35. The van der Waals surface area contributed by atoms with Crippen molar-refractivity contribution in [3.63, 3.8) is 0 Å². The number of sulfonamides is 1. The predicted octanol–water partition coefficient (Wildman–Crippen LogP) is 2.87. The van der Waals surface area contributed by atoms with Crippen LogP contribution in [0.1, 0.15) is 32.8 Å². The number of nitrogens with zero attached hydrogens (tertiary/aromatic N) is 1. The number of nitrogens with two attached hydrogens (primary N) is 1. The topological polar surface area (TPSA) is 89.7 Å². The predicted molar refractivity (Wildman–Crippen MR) is 105 cm³/mol. The maximum absolute atomic E-state index is 13.3. The molecule has 1 aromatic carbocycles. The van der Waals surface area contributed by atoms with E-state index in [1.165, 1.54) is 11.4 Å². The summed E-state index contributed by atoms with van der Waals surface area (Å²) >= 11 is 1.09. The lowest BCUT2D eigenvalue weighted by atomic mass is 10.0. The van der Waals surface area contributed by atoms with E-state index < -0.39 is 16.0 Å². The van der Waals surface area contributed by atoms with Crippen LogP contribution in [-0.4, -0.2) is 28.0 Å². The van der Waals surface area contributed by atoms with Crippen molar-refractivity contribution in [1.29, 1.82) is 0 Å². The van der Waals surface area contributed by atoms with Crippen molar-refractivity contribution >= 4 is 45.4 Å². The van der Waals surface area contributed by atoms with Crippen LogP contribution in [0.4, 0.5) is 5.69 Å². The van der Waals surface area contributed by atoms with Gasteiger partial charge in [0.2, 0.25) is 0 Å². The molecule has 2 aromatic rings. The third-order valence-electron chi connectivity index (χ3n) is 4.29. The van der Waals surface area contributed by atoms with Crippen LogP contribution in [0.5, 0.6) is 0 Å². The number of anilines is 1. The summed E-state index contributed by atoms with van der Waals surface area (Å²) in [6, 6.07) is 5.60. The van der Waals surface area contributed by atoms with Gasteiger partial charge in [-0.15, -0.1) is 23.7 Å². The van der Waals surface area contributed by atoms with Crippen molar-refractivity contribution in [3.05, 3.63) is 45.1 Å². The highest BCUT2D eigenvalue weighted by atomic mass is 35.5. The Bertz CT molecular complexity index is 925. The zero-order valence-electron chi connectivity index (χ0n) is 14.5. The lowest BCUT2D eigenvalue weighted by Gasteiger charge is -2.31. The molecule has 142 valence electrons. The molecular formula is C17H21ClN2O4S2. The molecule has 0 atom stereocenters. The van der Waals surface area contributed by atoms with E-state index in [-0.39, 0.29) is 22.2 Å². The molecule has 0 bridgehead atoms. The summed E-state index contributed by atoms with van der Waals surface area (Å²) in [5.74, 6) is -0.632. The molecule has 1 aliphatic heterocycles. The van der Waals surface area contributed by atoms with E-state index in [0.717, 1.165) is 35.3 Å². The number of methoxy groups -OCH3 is 1. The molecule has 1 aromatic heterocycles. The Kier molecular flexibility index (Phi) is 6.33. The highest BCUT2D eigenvalue weighted by Crippen LogP contribution is 2.36. The Morgan fingerprint density at radius 3 is 2.77 bits per heavy atom. The molecule has 0 amide bonds. The maximum atomic E-state index is 13.3. The number of ether oxygens (including phenoxy) is 1. The number of fused-ring (bicyclic) bond motifs is 1. The molecule has 3 rings (SSSR count). The first kappa shape index (κ1) is 20.7. The van der Waals surface area contributed by atoms with Crippen LogP contribution in [0.25, 0.3) is 0 Å². The molecule has 0 spiro atoms. The van der Waals surface area contributed by atoms with Crippen LogP contribution in [0.2, 0.25) is 0 Å². The molecule has 0 saturated carbocycles. The van der Waals surface area contributed by atoms with Gasteiger partial charge in [-0.05, 0) is 47.9 Å². The third-order valence-corrected chi connectivity index (χ3v) is 7.50. The van der Waals surface area contributed by atoms with E-state index in [9.17, 15) is 13.2 Å². The zero-order valence-corrected chi connectivity index (χ0v) is 17.0. The van der Waals surface area contributed by atoms with Gasteiger partial charge in [-0.1, -0.05) is 12.1 Å². The van der Waals surface area contributed by atoms with Crippen molar-refractivity contribution in [2.45, 2.75) is 31.2 Å². The summed E-state index contributed by atoms with van der Waals surface area (Å²) in [5, 5.41) is 1.67. The summed E-state index contributed by atoms with van der Waals surface area (Å²) in [5.41, 5.74) is 8.83. The number of thiophene rings is 1. The highest BCUT2D eigenvalue weighted by molar-refractivity contribution is 7.93. The van der Waals surface area contributed by atoms with Gasteiger partial charge in [-0.3, -0.25) is 4.31 Å². The Balaban J connectivity index is 0.00000243. The molecule has 2 heterocycles. The summed E-state index contributed by atoms with van der Waals surface area (Å²) in [4.78, 5) is 12.2. The lowest BCUT2D eigenvalue weighted by Crippen LogP contribution is -2.36. The fourth-order valence-corrected chi connectivity index (χ4v) is 6.30. The van der Waals surface area contributed by atoms with Crippen LogP contribution >= 0.6 is 23.7 Å². The largest absolute Gasteiger partial charge is 0.465 e. The minimum absolute atomic E-state index is 0. The number of rotatable bonds is 4. The lowest BCUT2D eigenvalue weighted by molar-refractivity contribution is 0.0602. The van der Waals surface area contributed by atoms with Crippen molar-refractivity contribution in [2.75, 3.05) is 18.0 Å². The standard InChI is InChI=1S/C17H20N2O4S2.ClH/c1-11-10-24-15(17(20)23-2)16(11)25(21,22)19-7-3-4-13-8-12(9-18)5-6-14(13)19;/h5-6,8,10H,3-4,7,9,18H2,1-2H3;1H. The van der Waals surface area contributed by atoms with Gasteiger partial charge in [0.05, 0.1) is 12.8 Å². The molecule has 6 nitrogen and oxygen atoms in total. The van der Waals surface area contributed by atoms with E-state index in [0.29, 0.717) is 24.3 Å². The smallest absolute Gasteiger partial charge is 0.349 e. The van der Waals surface area contributed by atoms with Gasteiger partial charge in [-0.25, -0.2) is 13.2 Å². The molecular weight excluding hydrogens is 396 g/mol. The van der Waals surface area contributed by atoms with Crippen LogP contribution in [0, 0.1) is 6.92 Å². The summed E-state index contributed by atoms with van der Waals surface area (Å²) in [6.45, 7) is 2.49. The first-order chi connectivity index (χ1) is 11.9. The molecule has 1 aliphatic rings. The fourth-order valence-electron chi connectivity index (χ4n) is 3.09. The van der Waals surface area contributed by atoms with Gasteiger partial charge in [0.25, 0.3) is 10.0 Å². The number of hydrogen-bond donors (Lipinski definition) is 1. The van der Waals surface area contributed by atoms with Gasteiger partial charge in [-0.2, -0.15) is 0 Å². The quantitative estimate of drug-likeness (QED) is 0.774. The van der Waals surface area contributed by atoms with Crippen molar-refractivity contribution in [3.8, 4) is 0 Å². The van der Waals surface area contributed by atoms with Gasteiger partial charge in [0.1, 0.15) is 9.77 Å². The second kappa shape index (κ2) is 7.96. The van der Waals surface area contributed by atoms with Crippen molar-refractivity contribution in [1.82, 2.24) is 0 Å². The monoisotopic (exact) mass is 416 g/mol. The van der Waals surface area contributed by atoms with Crippen molar-refractivity contribution < 1.29 is 17.9 Å². The summed E-state index contributed by atoms with van der Waals surface area (Å²) in [7, 11) is -2.61. The molecule has 9 heteroatoms. The number of hydrogen-bond acceptors (Lipinski definition) is 6. The van der Waals surface area contributed by atoms with Crippen LogP contribution < -0.4 is 10.0 Å². The average molecular weight is 417 g/mol. The minimum Gasteiger partial charge on any atom is -0.465 e. The van der Waals surface area contributed by atoms with Gasteiger partial charge in [0, 0.05) is 13.1 Å². The Hall–Kier alpha value is -1.61. The molecule has 0 saturated heterocycles. The number of esters is 1. The molecule has 0 aliphatic carbocycles. The van der Waals surface area contributed by atoms with E-state index in [4.69, 9.17) is 10.5 Å². The third kappa shape index (κ3) is 3.46. The first-order valence-corrected chi connectivity index (χ1v) is 10.2. The fraction of sp³-hybridized carbons (Fsp3) is 0.353. The number of halogens is 1. The van der Waals surface area contributed by atoms with Crippen LogP contribution in [0.15, 0.2) is 28.5 Å². The number of benzene rings is 1. The molecule has 0 radical (unpaired) electrons. The number of carbonyl (C=O) groups excluding carboxylic acids is 1. The van der Waals surface area contributed by atoms with E-state index in [1.807, 2.05) is 12.1 Å². The second-order valence-corrected chi connectivity index (χ2v) is 8.60. The van der Waals surface area contributed by atoms with Gasteiger partial charge < -0.3 is 10.5 Å². The normalized spacial score (nSPS) is 13.7. The number of aryl methyl sites for hydroxylation is 2. The second-order valence-electron chi connectivity index (χ2n) is 5.92. The molecule has 26 heavy (non-hydrogen) atoms. The van der Waals surface area contributed by atoms with Crippen molar-refractivity contribution in [2.24, 2.45) is 5.73 Å². The maximum Gasteiger partial charge on any atom is 0.349 e. The van der Waals surface area contributed by atoms with Gasteiger partial charge >= 0.3 is 5.97 Å². The summed E-state index contributed by atoms with van der Waals surface area (Å²) < 4.78 is 32.8. The molecule has 0 unspecified atom stereocenters. The van der Waals surface area contributed by atoms with Crippen LogP contribution in [0.3, 0.4) is 0 Å². The Labute approximate surface area is 163 Å². The first-order valence-electron chi connectivity index (χ1n) is 7.91. The molecule has 2 N–H and O–H groups in total. The Morgan fingerprint density at radius 2 is 2.12 bits per heavy atom. The zero-order chi connectivity index (χ0) is 18.2. The van der Waals surface area contributed by atoms with Gasteiger partial charge in [0.15, 0.2) is 0 Å². The SMILES string of the molecule is COC(=O)c1scc(C)c1S(=O)(=O)N1CCCc2cc(CN)ccc21.Cl. The van der Waals surface area contributed by atoms with E-state index in [2.05, 4.69) is 0 Å². The van der Waals surface area contributed by atoms with E-state index in [1.54, 1.807) is 18.4 Å². The van der Waals surface area contributed by atoms with Crippen LogP contribution in [-0.2, 0) is 27.7 Å².